The maximum atomic E-state index is 13.9. The van der Waals surface area contributed by atoms with Gasteiger partial charge in [-0.25, -0.2) is 4.39 Å². The van der Waals surface area contributed by atoms with Crippen molar-refractivity contribution in [1.29, 1.82) is 0 Å². The monoisotopic (exact) mass is 526 g/mol. The highest BCUT2D eigenvalue weighted by atomic mass is 127. The zero-order valence-corrected chi connectivity index (χ0v) is 20.3. The smallest absolute Gasteiger partial charge is 0.191 e. The van der Waals surface area contributed by atoms with Crippen LogP contribution in [0, 0.1) is 12.7 Å². The third-order valence-corrected chi connectivity index (χ3v) is 5.23. The van der Waals surface area contributed by atoms with E-state index in [1.807, 2.05) is 13.0 Å². The summed E-state index contributed by atoms with van der Waals surface area (Å²) in [6.45, 7) is 8.97. The standard InChI is InChI=1S/C23H31FN4O.HI/c1-17-7-8-21(14-22(17)24)18(2)27-23(25-3)26-15-19-5-4-6-20(13-19)16-28-9-11-29-12-10-28;/h4-8,13-14,18H,9-12,15-16H2,1-3H3,(H2,25,26,27);1H. The van der Waals surface area contributed by atoms with Crippen molar-refractivity contribution >= 4 is 29.9 Å². The van der Waals surface area contributed by atoms with Crippen LogP contribution in [0.3, 0.4) is 0 Å². The molecule has 1 heterocycles. The molecule has 0 saturated carbocycles. The SMILES string of the molecule is CN=C(NCc1cccc(CN2CCOCC2)c1)NC(C)c1ccc(C)c(F)c1.I. The fourth-order valence-corrected chi connectivity index (χ4v) is 3.40. The van der Waals surface area contributed by atoms with Crippen molar-refractivity contribution in [3.05, 3.63) is 70.5 Å². The molecule has 0 spiro atoms. The molecule has 1 fully saturated rings. The molecule has 5 nitrogen and oxygen atoms in total. The fourth-order valence-electron chi connectivity index (χ4n) is 3.40. The third kappa shape index (κ3) is 7.21. The molecule has 164 valence electrons. The predicted octanol–water partition coefficient (Wildman–Crippen LogP) is 4.01. The Balaban J connectivity index is 0.00000320. The van der Waals surface area contributed by atoms with E-state index in [0.29, 0.717) is 18.1 Å². The zero-order valence-electron chi connectivity index (χ0n) is 18.0. The third-order valence-electron chi connectivity index (χ3n) is 5.23. The predicted molar refractivity (Wildman–Crippen MR) is 131 cm³/mol. The molecule has 0 bridgehead atoms. The van der Waals surface area contributed by atoms with Crippen molar-refractivity contribution in [2.24, 2.45) is 4.99 Å². The molecule has 0 aliphatic carbocycles. The van der Waals surface area contributed by atoms with Crippen LogP contribution < -0.4 is 10.6 Å². The number of nitrogens with zero attached hydrogens (tertiary/aromatic N) is 2. The molecular weight excluding hydrogens is 494 g/mol. The Labute approximate surface area is 196 Å². The number of guanidine groups is 1. The molecule has 1 unspecified atom stereocenters. The molecule has 2 aromatic rings. The van der Waals surface area contributed by atoms with Gasteiger partial charge in [-0.05, 0) is 42.2 Å². The van der Waals surface area contributed by atoms with Gasteiger partial charge in [0.25, 0.3) is 0 Å². The minimum absolute atomic E-state index is 0. The van der Waals surface area contributed by atoms with Crippen LogP contribution in [0.15, 0.2) is 47.5 Å². The Morgan fingerprint density at radius 1 is 1.17 bits per heavy atom. The van der Waals surface area contributed by atoms with Gasteiger partial charge in [0.2, 0.25) is 0 Å². The first-order valence-electron chi connectivity index (χ1n) is 10.2. The molecule has 2 N–H and O–H groups in total. The van der Waals surface area contributed by atoms with Crippen molar-refractivity contribution in [3.63, 3.8) is 0 Å². The normalized spacial score (nSPS) is 15.9. The van der Waals surface area contributed by atoms with Gasteiger partial charge in [-0.2, -0.15) is 0 Å². The van der Waals surface area contributed by atoms with E-state index in [-0.39, 0.29) is 35.8 Å². The average Bonchev–Trinajstić information content (AvgIpc) is 2.74. The lowest BCUT2D eigenvalue weighted by Gasteiger charge is -2.26. The molecule has 0 radical (unpaired) electrons. The summed E-state index contributed by atoms with van der Waals surface area (Å²) in [7, 11) is 1.74. The van der Waals surface area contributed by atoms with E-state index in [0.717, 1.165) is 38.4 Å². The summed E-state index contributed by atoms with van der Waals surface area (Å²) in [5.74, 6) is 0.508. The molecule has 3 rings (SSSR count). The largest absolute Gasteiger partial charge is 0.379 e. The summed E-state index contributed by atoms with van der Waals surface area (Å²) in [6.07, 6.45) is 0. The molecule has 7 heteroatoms. The average molecular weight is 526 g/mol. The number of hydrogen-bond acceptors (Lipinski definition) is 3. The zero-order chi connectivity index (χ0) is 20.6. The Bertz CT molecular complexity index is 840. The molecular formula is C23H32FIN4O. The second kappa shape index (κ2) is 12.2. The highest BCUT2D eigenvalue weighted by Crippen LogP contribution is 2.16. The van der Waals surface area contributed by atoms with Gasteiger partial charge in [0.05, 0.1) is 19.3 Å². The number of morpholine rings is 1. The molecule has 1 aliphatic rings. The van der Waals surface area contributed by atoms with Crippen molar-refractivity contribution < 1.29 is 9.13 Å². The van der Waals surface area contributed by atoms with E-state index in [1.165, 1.54) is 11.1 Å². The van der Waals surface area contributed by atoms with Crippen molar-refractivity contribution in [2.45, 2.75) is 33.0 Å². The maximum absolute atomic E-state index is 13.9. The first-order chi connectivity index (χ1) is 14.0. The molecule has 2 aromatic carbocycles. The molecule has 1 atom stereocenters. The van der Waals surface area contributed by atoms with E-state index in [2.05, 4.69) is 44.8 Å². The van der Waals surface area contributed by atoms with Gasteiger partial charge in [0.15, 0.2) is 5.96 Å². The van der Waals surface area contributed by atoms with E-state index < -0.39 is 0 Å². The lowest BCUT2D eigenvalue weighted by Crippen LogP contribution is -2.38. The number of hydrogen-bond donors (Lipinski definition) is 2. The number of benzene rings is 2. The summed E-state index contributed by atoms with van der Waals surface area (Å²) in [5, 5.41) is 6.69. The van der Waals surface area contributed by atoms with Crippen molar-refractivity contribution in [2.75, 3.05) is 33.4 Å². The van der Waals surface area contributed by atoms with Crippen LogP contribution in [0.2, 0.25) is 0 Å². The lowest BCUT2D eigenvalue weighted by atomic mass is 10.1. The fraction of sp³-hybridized carbons (Fsp3) is 0.435. The number of aryl methyl sites for hydroxylation is 1. The second-order valence-corrected chi connectivity index (χ2v) is 7.51. The highest BCUT2D eigenvalue weighted by molar-refractivity contribution is 14.0. The summed E-state index contributed by atoms with van der Waals surface area (Å²) in [5.41, 5.74) is 4.05. The Hall–Kier alpha value is -1.71. The maximum Gasteiger partial charge on any atom is 0.191 e. The van der Waals surface area contributed by atoms with Crippen molar-refractivity contribution in [1.82, 2.24) is 15.5 Å². The Morgan fingerprint density at radius 2 is 1.90 bits per heavy atom. The summed E-state index contributed by atoms with van der Waals surface area (Å²) < 4.78 is 19.3. The minimum Gasteiger partial charge on any atom is -0.379 e. The van der Waals surface area contributed by atoms with Gasteiger partial charge in [-0.15, -0.1) is 24.0 Å². The van der Waals surface area contributed by atoms with Gasteiger partial charge >= 0.3 is 0 Å². The first kappa shape index (κ1) is 24.6. The van der Waals surface area contributed by atoms with E-state index in [9.17, 15) is 4.39 Å². The van der Waals surface area contributed by atoms with Crippen molar-refractivity contribution in [3.8, 4) is 0 Å². The minimum atomic E-state index is -0.184. The number of ether oxygens (including phenoxy) is 1. The van der Waals surface area contributed by atoms with Crippen LogP contribution in [0.1, 0.15) is 35.2 Å². The number of rotatable bonds is 6. The van der Waals surface area contributed by atoms with E-state index >= 15 is 0 Å². The van der Waals surface area contributed by atoms with E-state index in [4.69, 9.17) is 4.74 Å². The Kier molecular flexibility index (Phi) is 10.0. The van der Waals surface area contributed by atoms with Crippen LogP contribution in [-0.2, 0) is 17.8 Å². The van der Waals surface area contributed by atoms with Crippen LogP contribution in [0.25, 0.3) is 0 Å². The van der Waals surface area contributed by atoms with Crippen LogP contribution in [0.5, 0.6) is 0 Å². The lowest BCUT2D eigenvalue weighted by molar-refractivity contribution is 0.0342. The van der Waals surface area contributed by atoms with Gasteiger partial charge in [0, 0.05) is 33.2 Å². The quantitative estimate of drug-likeness (QED) is 0.340. The Morgan fingerprint density at radius 3 is 2.60 bits per heavy atom. The summed E-state index contributed by atoms with van der Waals surface area (Å²) in [6, 6.07) is 13.9. The highest BCUT2D eigenvalue weighted by Gasteiger charge is 2.12. The van der Waals surface area contributed by atoms with Crippen LogP contribution in [0.4, 0.5) is 4.39 Å². The summed E-state index contributed by atoms with van der Waals surface area (Å²) >= 11 is 0. The first-order valence-corrected chi connectivity index (χ1v) is 10.2. The van der Waals surface area contributed by atoms with E-state index in [1.54, 1.807) is 26.1 Å². The topological polar surface area (TPSA) is 48.9 Å². The number of nitrogens with one attached hydrogen (secondary N) is 2. The second-order valence-electron chi connectivity index (χ2n) is 7.51. The van der Waals surface area contributed by atoms with Crippen LogP contribution >= 0.6 is 24.0 Å². The van der Waals surface area contributed by atoms with Gasteiger partial charge in [-0.3, -0.25) is 9.89 Å². The molecule has 1 saturated heterocycles. The molecule has 1 aliphatic heterocycles. The summed E-state index contributed by atoms with van der Waals surface area (Å²) in [4.78, 5) is 6.72. The van der Waals surface area contributed by atoms with Gasteiger partial charge in [0.1, 0.15) is 5.82 Å². The van der Waals surface area contributed by atoms with Gasteiger partial charge < -0.3 is 15.4 Å². The molecule has 0 amide bonds. The van der Waals surface area contributed by atoms with Gasteiger partial charge in [-0.1, -0.05) is 36.4 Å². The van der Waals surface area contributed by atoms with Crippen LogP contribution in [-0.4, -0.2) is 44.2 Å². The number of halogens is 2. The molecule has 30 heavy (non-hydrogen) atoms. The number of aliphatic imine (C=N–C) groups is 1. The molecule has 0 aromatic heterocycles.